The summed E-state index contributed by atoms with van der Waals surface area (Å²) in [5.41, 5.74) is 0.819. The zero-order valence-corrected chi connectivity index (χ0v) is 9.63. The second kappa shape index (κ2) is 4.42. The molecule has 2 rings (SSSR count). The van der Waals surface area contributed by atoms with Gasteiger partial charge in [0.15, 0.2) is 0 Å². The third kappa shape index (κ3) is 2.19. The van der Waals surface area contributed by atoms with Gasteiger partial charge in [-0.2, -0.15) is 0 Å². The molecule has 0 N–H and O–H groups in total. The molecule has 1 aliphatic carbocycles. The number of benzene rings is 1. The zero-order chi connectivity index (χ0) is 11.7. The Labute approximate surface area is 98.4 Å². The van der Waals surface area contributed by atoms with Crippen LogP contribution < -0.4 is 0 Å². The minimum absolute atomic E-state index is 0.0887. The zero-order valence-electron chi connectivity index (χ0n) is 8.87. The van der Waals surface area contributed by atoms with Gasteiger partial charge in [0.1, 0.15) is 5.82 Å². The first kappa shape index (κ1) is 11.4. The topological polar surface area (TPSA) is 26.3 Å². The maximum Gasteiger partial charge on any atom is 0.309 e. The average Bonchev–Trinajstić information content (AvgIpc) is 3.02. The minimum Gasteiger partial charge on any atom is -0.466 e. The molecule has 1 fully saturated rings. The minimum atomic E-state index is -0.436. The summed E-state index contributed by atoms with van der Waals surface area (Å²) in [6, 6.07) is 4.67. The molecule has 0 spiro atoms. The Bertz CT molecular complexity index is 419. The van der Waals surface area contributed by atoms with Crippen LogP contribution >= 0.6 is 11.6 Å². The second-order valence-corrected chi connectivity index (χ2v) is 4.28. The van der Waals surface area contributed by atoms with Crippen molar-refractivity contribution in [1.82, 2.24) is 0 Å². The van der Waals surface area contributed by atoms with Crippen LogP contribution in [0, 0.1) is 11.7 Å². The van der Waals surface area contributed by atoms with Crippen molar-refractivity contribution in [2.24, 2.45) is 5.92 Å². The molecule has 0 unspecified atom stereocenters. The highest BCUT2D eigenvalue weighted by molar-refractivity contribution is 6.30. The van der Waals surface area contributed by atoms with E-state index in [1.807, 2.05) is 0 Å². The van der Waals surface area contributed by atoms with Gasteiger partial charge in [-0.15, -0.1) is 0 Å². The van der Waals surface area contributed by atoms with Crippen molar-refractivity contribution < 1.29 is 13.9 Å². The van der Waals surface area contributed by atoms with Gasteiger partial charge >= 0.3 is 5.97 Å². The lowest BCUT2D eigenvalue weighted by Crippen LogP contribution is -2.07. The molecule has 1 saturated carbocycles. The Balaban J connectivity index is 2.06. The van der Waals surface area contributed by atoms with Gasteiger partial charge < -0.3 is 4.74 Å². The molecule has 1 aromatic carbocycles. The predicted octanol–water partition coefficient (Wildman–Crippen LogP) is 3.15. The van der Waals surface area contributed by atoms with Crippen LogP contribution in [0.4, 0.5) is 4.39 Å². The van der Waals surface area contributed by atoms with Crippen molar-refractivity contribution >= 4 is 17.6 Å². The highest BCUT2D eigenvalue weighted by Crippen LogP contribution is 2.48. The van der Waals surface area contributed by atoms with Gasteiger partial charge in [-0.1, -0.05) is 17.7 Å². The number of ether oxygens (including phenoxy) is 1. The number of carbonyl (C=O) groups excluding carboxylic acids is 1. The molecule has 0 radical (unpaired) electrons. The van der Waals surface area contributed by atoms with Crippen molar-refractivity contribution in [1.29, 1.82) is 0 Å². The molecular formula is C12H12ClFO2. The van der Waals surface area contributed by atoms with Crippen LogP contribution in [-0.4, -0.2) is 12.6 Å². The number of rotatable bonds is 3. The molecule has 4 heteroatoms. The maximum atomic E-state index is 13.2. The van der Waals surface area contributed by atoms with Crippen molar-refractivity contribution in [3.05, 3.63) is 34.6 Å². The molecular weight excluding hydrogens is 231 g/mol. The van der Waals surface area contributed by atoms with Gasteiger partial charge in [0, 0.05) is 0 Å². The first-order valence-electron chi connectivity index (χ1n) is 5.25. The summed E-state index contributed by atoms with van der Waals surface area (Å²) in [6.07, 6.45) is 0.736. The van der Waals surface area contributed by atoms with Crippen LogP contribution in [0.25, 0.3) is 0 Å². The fourth-order valence-electron chi connectivity index (χ4n) is 1.82. The lowest BCUT2D eigenvalue weighted by Gasteiger charge is -2.02. The third-order valence-electron chi connectivity index (χ3n) is 2.75. The van der Waals surface area contributed by atoms with E-state index < -0.39 is 5.82 Å². The van der Waals surface area contributed by atoms with Crippen molar-refractivity contribution in [2.45, 2.75) is 19.3 Å². The monoisotopic (exact) mass is 242 g/mol. The predicted molar refractivity (Wildman–Crippen MR) is 58.9 cm³/mol. The Morgan fingerprint density at radius 1 is 1.62 bits per heavy atom. The summed E-state index contributed by atoms with van der Waals surface area (Å²) in [4.78, 5) is 11.4. The summed E-state index contributed by atoms with van der Waals surface area (Å²) < 4.78 is 18.1. The number of carbonyl (C=O) groups is 1. The maximum absolute atomic E-state index is 13.2. The van der Waals surface area contributed by atoms with E-state index in [1.54, 1.807) is 13.0 Å². The van der Waals surface area contributed by atoms with E-state index in [4.69, 9.17) is 16.3 Å². The summed E-state index contributed by atoms with van der Waals surface area (Å²) in [7, 11) is 0. The van der Waals surface area contributed by atoms with Crippen LogP contribution in [0.1, 0.15) is 24.8 Å². The molecule has 0 aliphatic heterocycles. The summed E-state index contributed by atoms with van der Waals surface area (Å²) in [5.74, 6) is -0.650. The van der Waals surface area contributed by atoms with Gasteiger partial charge in [-0.25, -0.2) is 4.39 Å². The summed E-state index contributed by atoms with van der Waals surface area (Å²) in [5, 5.41) is 0.108. The molecule has 0 saturated heterocycles. The fraction of sp³-hybridized carbons (Fsp3) is 0.417. The van der Waals surface area contributed by atoms with E-state index in [0.717, 1.165) is 12.0 Å². The molecule has 0 heterocycles. The number of halogens is 2. The lowest BCUT2D eigenvalue weighted by molar-refractivity contribution is -0.144. The van der Waals surface area contributed by atoms with E-state index in [2.05, 4.69) is 0 Å². The van der Waals surface area contributed by atoms with Crippen LogP contribution in [0.5, 0.6) is 0 Å². The quantitative estimate of drug-likeness (QED) is 0.761. The molecule has 0 aromatic heterocycles. The van der Waals surface area contributed by atoms with Crippen molar-refractivity contribution in [2.75, 3.05) is 6.61 Å². The number of hydrogen-bond acceptors (Lipinski definition) is 2. The first-order chi connectivity index (χ1) is 7.63. The summed E-state index contributed by atoms with van der Waals surface area (Å²) >= 11 is 5.59. The third-order valence-corrected chi connectivity index (χ3v) is 3.06. The largest absolute Gasteiger partial charge is 0.466 e. The molecule has 16 heavy (non-hydrogen) atoms. The fourth-order valence-corrected chi connectivity index (χ4v) is 1.93. The van der Waals surface area contributed by atoms with Gasteiger partial charge in [0.25, 0.3) is 0 Å². The molecule has 2 atom stereocenters. The Morgan fingerprint density at radius 2 is 2.38 bits per heavy atom. The number of hydrogen-bond donors (Lipinski definition) is 0. The van der Waals surface area contributed by atoms with Crippen molar-refractivity contribution in [3.63, 3.8) is 0 Å². The van der Waals surface area contributed by atoms with Crippen LogP contribution in [-0.2, 0) is 9.53 Å². The molecule has 0 bridgehead atoms. The van der Waals surface area contributed by atoms with E-state index in [0.29, 0.717) is 6.61 Å². The van der Waals surface area contributed by atoms with Crippen LogP contribution in [0.3, 0.4) is 0 Å². The van der Waals surface area contributed by atoms with Crippen LogP contribution in [0.2, 0.25) is 5.02 Å². The Kier molecular flexibility index (Phi) is 3.15. The molecule has 1 aromatic rings. The molecule has 1 aliphatic rings. The van der Waals surface area contributed by atoms with E-state index in [1.165, 1.54) is 12.1 Å². The van der Waals surface area contributed by atoms with Crippen LogP contribution in [0.15, 0.2) is 18.2 Å². The Hall–Kier alpha value is -1.09. The smallest absolute Gasteiger partial charge is 0.309 e. The van der Waals surface area contributed by atoms with Gasteiger partial charge in [0.2, 0.25) is 0 Å². The highest BCUT2D eigenvalue weighted by atomic mass is 35.5. The van der Waals surface area contributed by atoms with Gasteiger partial charge in [-0.05, 0) is 37.0 Å². The lowest BCUT2D eigenvalue weighted by atomic mass is 10.1. The average molecular weight is 243 g/mol. The standard InChI is InChI=1S/C12H12ClFO2/c1-2-16-12(15)9-6-8(9)7-3-4-10(13)11(14)5-7/h3-5,8-9H,2,6H2,1H3/t8-,9+/m0/s1. The SMILES string of the molecule is CCOC(=O)[C@@H]1C[C@H]1c1ccc(Cl)c(F)c1. The Morgan fingerprint density at radius 3 is 3.00 bits per heavy atom. The van der Waals surface area contributed by atoms with Gasteiger partial charge in [0.05, 0.1) is 17.5 Å². The first-order valence-corrected chi connectivity index (χ1v) is 5.63. The van der Waals surface area contributed by atoms with Gasteiger partial charge in [-0.3, -0.25) is 4.79 Å². The highest BCUT2D eigenvalue weighted by Gasteiger charge is 2.45. The van der Waals surface area contributed by atoms with E-state index in [9.17, 15) is 9.18 Å². The number of esters is 1. The molecule has 86 valence electrons. The van der Waals surface area contributed by atoms with Crippen molar-refractivity contribution in [3.8, 4) is 0 Å². The summed E-state index contributed by atoms with van der Waals surface area (Å²) in [6.45, 7) is 2.16. The molecule has 0 amide bonds. The second-order valence-electron chi connectivity index (χ2n) is 3.87. The normalized spacial score (nSPS) is 22.9. The molecule has 2 nitrogen and oxygen atoms in total. The van der Waals surface area contributed by atoms with E-state index in [-0.39, 0.29) is 22.8 Å². The van der Waals surface area contributed by atoms with E-state index >= 15 is 0 Å².